The van der Waals surface area contributed by atoms with Crippen LogP contribution in [0.25, 0.3) is 0 Å². The van der Waals surface area contributed by atoms with Crippen LogP contribution in [0.4, 0.5) is 11.4 Å². The zero-order chi connectivity index (χ0) is 16.4. The van der Waals surface area contributed by atoms with Crippen LogP contribution in [0.1, 0.15) is 18.0 Å². The number of halogens is 2. The summed E-state index contributed by atoms with van der Waals surface area (Å²) in [6.07, 6.45) is 0.645. The van der Waals surface area contributed by atoms with E-state index in [0.29, 0.717) is 27.8 Å². The average molecular weight is 351 g/mol. The molecule has 0 bridgehead atoms. The highest BCUT2D eigenvalue weighted by molar-refractivity contribution is 6.39. The Hall–Kier alpha value is -1.79. The van der Waals surface area contributed by atoms with Crippen molar-refractivity contribution >= 4 is 40.5 Å². The van der Waals surface area contributed by atoms with Crippen LogP contribution in [0.2, 0.25) is 10.0 Å². The summed E-state index contributed by atoms with van der Waals surface area (Å²) in [6.45, 7) is 0. The first-order chi connectivity index (χ1) is 11.0. The van der Waals surface area contributed by atoms with Crippen molar-refractivity contribution in [2.45, 2.75) is 18.5 Å². The lowest BCUT2D eigenvalue weighted by Crippen LogP contribution is -2.39. The summed E-state index contributed by atoms with van der Waals surface area (Å²) in [5, 5.41) is 3.42. The van der Waals surface area contributed by atoms with E-state index in [1.165, 1.54) is 0 Å². The normalized spacial score (nSPS) is 20.4. The lowest BCUT2D eigenvalue weighted by Gasteiger charge is -2.12. The molecule has 1 aliphatic heterocycles. The summed E-state index contributed by atoms with van der Waals surface area (Å²) in [7, 11) is 0. The fraction of sp³-hybridized carbons (Fsp3) is 0.188. The van der Waals surface area contributed by atoms with Crippen LogP contribution < -0.4 is 21.9 Å². The highest BCUT2D eigenvalue weighted by Crippen LogP contribution is 2.31. The van der Waals surface area contributed by atoms with Crippen molar-refractivity contribution in [3.63, 3.8) is 0 Å². The predicted octanol–water partition coefficient (Wildman–Crippen LogP) is 3.12. The molecule has 120 valence electrons. The number of carbonyl (C=O) groups excluding carboxylic acids is 1. The second-order valence-corrected chi connectivity index (χ2v) is 6.20. The van der Waals surface area contributed by atoms with Crippen molar-refractivity contribution in [2.75, 3.05) is 11.1 Å². The molecule has 2 aromatic rings. The van der Waals surface area contributed by atoms with Gasteiger partial charge in [-0.1, -0.05) is 53.5 Å². The van der Waals surface area contributed by atoms with Gasteiger partial charge in [0.25, 0.3) is 0 Å². The van der Waals surface area contributed by atoms with E-state index in [2.05, 4.69) is 16.2 Å². The zero-order valence-electron chi connectivity index (χ0n) is 12.1. The fourth-order valence-electron chi connectivity index (χ4n) is 2.52. The number of anilines is 2. The molecule has 0 radical (unpaired) electrons. The smallest absolute Gasteiger partial charge is 0.242 e. The maximum Gasteiger partial charge on any atom is 0.242 e. The number of carbonyl (C=O) groups is 1. The third-order valence-electron chi connectivity index (χ3n) is 3.77. The van der Waals surface area contributed by atoms with Crippen LogP contribution in [0.3, 0.4) is 0 Å². The molecule has 1 saturated heterocycles. The van der Waals surface area contributed by atoms with Gasteiger partial charge in [-0.05, 0) is 24.1 Å². The van der Waals surface area contributed by atoms with E-state index < -0.39 is 0 Å². The zero-order valence-corrected chi connectivity index (χ0v) is 13.7. The molecule has 23 heavy (non-hydrogen) atoms. The van der Waals surface area contributed by atoms with Crippen molar-refractivity contribution in [2.24, 2.45) is 0 Å². The number of nitrogens with one attached hydrogen (secondary N) is 3. The molecule has 3 rings (SSSR count). The first-order valence-electron chi connectivity index (χ1n) is 7.16. The number of hydrogen-bond donors (Lipinski definition) is 4. The van der Waals surface area contributed by atoms with Crippen molar-refractivity contribution in [3.8, 4) is 0 Å². The number of rotatable bonds is 3. The van der Waals surface area contributed by atoms with Gasteiger partial charge in [0.05, 0.1) is 15.7 Å². The van der Waals surface area contributed by atoms with Crippen molar-refractivity contribution < 1.29 is 4.79 Å². The average Bonchev–Trinajstić information content (AvgIpc) is 3.03. The lowest BCUT2D eigenvalue weighted by molar-refractivity contribution is -0.117. The van der Waals surface area contributed by atoms with Gasteiger partial charge in [0.15, 0.2) is 0 Å². The van der Waals surface area contributed by atoms with Crippen LogP contribution in [-0.2, 0) is 4.79 Å². The minimum Gasteiger partial charge on any atom is -0.396 e. The second-order valence-electron chi connectivity index (χ2n) is 5.38. The number of benzene rings is 2. The number of nitrogens with two attached hydrogens (primary N) is 1. The van der Waals surface area contributed by atoms with Gasteiger partial charge in [-0.3, -0.25) is 4.79 Å². The summed E-state index contributed by atoms with van der Waals surface area (Å²) in [5.74, 6) is -0.159. The van der Waals surface area contributed by atoms with E-state index in [-0.39, 0.29) is 18.0 Å². The molecule has 2 aromatic carbocycles. The molecule has 5 nitrogen and oxygen atoms in total. The van der Waals surface area contributed by atoms with Crippen LogP contribution in [0, 0.1) is 0 Å². The third kappa shape index (κ3) is 3.59. The van der Waals surface area contributed by atoms with Gasteiger partial charge in [-0.15, -0.1) is 0 Å². The quantitative estimate of drug-likeness (QED) is 0.641. The molecule has 2 atom stereocenters. The van der Waals surface area contributed by atoms with Crippen LogP contribution >= 0.6 is 23.2 Å². The Labute approximate surface area is 144 Å². The van der Waals surface area contributed by atoms with Gasteiger partial charge in [-0.25, -0.2) is 10.9 Å². The molecule has 5 N–H and O–H groups in total. The third-order valence-corrected chi connectivity index (χ3v) is 4.39. The van der Waals surface area contributed by atoms with Gasteiger partial charge in [0.1, 0.15) is 6.04 Å². The summed E-state index contributed by atoms with van der Waals surface area (Å²) >= 11 is 12.0. The van der Waals surface area contributed by atoms with Crippen molar-refractivity contribution in [1.29, 1.82) is 0 Å². The topological polar surface area (TPSA) is 79.2 Å². The van der Waals surface area contributed by atoms with Gasteiger partial charge in [-0.2, -0.15) is 0 Å². The monoisotopic (exact) mass is 350 g/mol. The predicted molar refractivity (Wildman–Crippen MR) is 93.4 cm³/mol. The van der Waals surface area contributed by atoms with Crippen LogP contribution in [0.15, 0.2) is 42.5 Å². The van der Waals surface area contributed by atoms with Gasteiger partial charge < -0.3 is 11.1 Å². The van der Waals surface area contributed by atoms with E-state index >= 15 is 0 Å². The summed E-state index contributed by atoms with van der Waals surface area (Å²) < 4.78 is 0. The van der Waals surface area contributed by atoms with E-state index in [1.807, 2.05) is 30.3 Å². The number of hydrazine groups is 1. The van der Waals surface area contributed by atoms with Crippen molar-refractivity contribution in [1.82, 2.24) is 10.9 Å². The minimum absolute atomic E-state index is 0.0885. The van der Waals surface area contributed by atoms with Crippen LogP contribution in [-0.4, -0.2) is 11.9 Å². The maximum atomic E-state index is 12.4. The molecule has 0 aliphatic carbocycles. The molecule has 1 amide bonds. The first-order valence-corrected chi connectivity index (χ1v) is 7.91. The van der Waals surface area contributed by atoms with E-state index in [9.17, 15) is 4.79 Å². The maximum absolute atomic E-state index is 12.4. The summed E-state index contributed by atoms with van der Waals surface area (Å²) in [5.41, 5.74) is 13.8. The SMILES string of the molecule is Nc1c(Cl)cc(NC(=O)C2CC(c3ccccc3)NN2)cc1Cl. The largest absolute Gasteiger partial charge is 0.396 e. The Bertz CT molecular complexity index is 700. The molecule has 0 spiro atoms. The molecule has 2 unspecified atom stereocenters. The summed E-state index contributed by atoms with van der Waals surface area (Å²) in [4.78, 5) is 12.4. The standard InChI is InChI=1S/C16H16Cl2N4O/c17-11-6-10(7-12(18)15(11)19)20-16(23)14-8-13(21-22-14)9-4-2-1-3-5-9/h1-7,13-14,21-22H,8,19H2,(H,20,23). The van der Waals surface area contributed by atoms with E-state index in [1.54, 1.807) is 12.1 Å². The molecule has 0 saturated carbocycles. The minimum atomic E-state index is -0.352. The van der Waals surface area contributed by atoms with Crippen LogP contribution in [0.5, 0.6) is 0 Å². The Balaban J connectivity index is 1.66. The Morgan fingerprint density at radius 2 is 1.78 bits per heavy atom. The Morgan fingerprint density at radius 3 is 2.43 bits per heavy atom. The molecule has 1 heterocycles. The number of nitrogen functional groups attached to an aromatic ring is 1. The molecular weight excluding hydrogens is 335 g/mol. The number of amides is 1. The highest BCUT2D eigenvalue weighted by atomic mass is 35.5. The molecule has 7 heteroatoms. The Morgan fingerprint density at radius 1 is 1.13 bits per heavy atom. The number of hydrogen-bond acceptors (Lipinski definition) is 4. The second kappa shape index (κ2) is 6.76. The molecule has 1 aliphatic rings. The molecule has 1 fully saturated rings. The lowest BCUT2D eigenvalue weighted by atomic mass is 10.0. The summed E-state index contributed by atoms with van der Waals surface area (Å²) in [6, 6.07) is 12.9. The molecular formula is C16H16Cl2N4O. The van der Waals surface area contributed by atoms with Crippen molar-refractivity contribution in [3.05, 3.63) is 58.1 Å². The Kier molecular flexibility index (Phi) is 4.73. The van der Waals surface area contributed by atoms with Gasteiger partial charge >= 0.3 is 0 Å². The fourth-order valence-corrected chi connectivity index (χ4v) is 3.00. The van der Waals surface area contributed by atoms with Gasteiger partial charge in [0, 0.05) is 11.7 Å². The van der Waals surface area contributed by atoms with E-state index in [4.69, 9.17) is 28.9 Å². The molecule has 0 aromatic heterocycles. The van der Waals surface area contributed by atoms with Gasteiger partial charge in [0.2, 0.25) is 5.91 Å². The first kappa shape index (κ1) is 16.1. The highest BCUT2D eigenvalue weighted by Gasteiger charge is 2.30. The van der Waals surface area contributed by atoms with E-state index in [0.717, 1.165) is 5.56 Å².